The zero-order valence-corrected chi connectivity index (χ0v) is 17.5. The summed E-state index contributed by atoms with van der Waals surface area (Å²) in [5.74, 6) is -1.58. The number of hydrogen-bond acceptors (Lipinski definition) is 7. The number of nitrogens with one attached hydrogen (secondary N) is 2. The van der Waals surface area contributed by atoms with Crippen LogP contribution in [-0.4, -0.2) is 34.1 Å². The van der Waals surface area contributed by atoms with E-state index in [9.17, 15) is 13.6 Å². The number of halogens is 2. The van der Waals surface area contributed by atoms with Gasteiger partial charge in [-0.1, -0.05) is 17.7 Å². The second-order valence-corrected chi connectivity index (χ2v) is 7.02. The molecule has 0 radical (unpaired) electrons. The van der Waals surface area contributed by atoms with Crippen LogP contribution in [0, 0.1) is 11.6 Å². The highest BCUT2D eigenvalue weighted by atomic mass is 19.1. The summed E-state index contributed by atoms with van der Waals surface area (Å²) < 4.78 is 33.4. The van der Waals surface area contributed by atoms with E-state index in [4.69, 9.17) is 9.84 Å². The molecular formula is C23H22F2N4O3. The van der Waals surface area contributed by atoms with Crippen molar-refractivity contribution in [2.75, 3.05) is 23.8 Å². The topological polar surface area (TPSA) is 96.4 Å². The number of ketones is 1. The number of allylic oxidation sites excluding steroid dienone is 2. The first-order valence-corrected chi connectivity index (χ1v) is 9.75. The minimum Gasteiger partial charge on any atom is -0.488 e. The molecule has 3 N–H and O–H groups in total. The normalized spacial score (nSPS) is 10.4. The van der Waals surface area contributed by atoms with Gasteiger partial charge in [0.05, 0.1) is 12.8 Å². The molecule has 3 aromatic rings. The number of anilines is 4. The highest BCUT2D eigenvalue weighted by molar-refractivity contribution is 6.05. The second kappa shape index (κ2) is 10.5. The molecule has 0 unspecified atom stereocenters. The van der Waals surface area contributed by atoms with Gasteiger partial charge in [-0.25, -0.2) is 13.8 Å². The van der Waals surface area contributed by atoms with Gasteiger partial charge in [0.25, 0.3) is 0 Å². The van der Waals surface area contributed by atoms with E-state index in [1.54, 1.807) is 24.3 Å². The van der Waals surface area contributed by atoms with Gasteiger partial charge in [-0.15, -0.1) is 0 Å². The minimum atomic E-state index is -0.699. The van der Waals surface area contributed by atoms with Crippen molar-refractivity contribution in [3.63, 3.8) is 0 Å². The lowest BCUT2D eigenvalue weighted by atomic mass is 10.1. The van der Waals surface area contributed by atoms with Crippen LogP contribution in [0.4, 0.5) is 31.9 Å². The molecule has 0 atom stereocenters. The summed E-state index contributed by atoms with van der Waals surface area (Å²) in [5.41, 5.74) is 2.11. The van der Waals surface area contributed by atoms with Crippen LogP contribution in [0.3, 0.4) is 0 Å². The van der Waals surface area contributed by atoms with Crippen LogP contribution >= 0.6 is 0 Å². The summed E-state index contributed by atoms with van der Waals surface area (Å²) in [6.45, 7) is 3.39. The summed E-state index contributed by atoms with van der Waals surface area (Å²) in [5, 5.41) is 14.4. The van der Waals surface area contributed by atoms with Gasteiger partial charge in [0.15, 0.2) is 29.0 Å². The summed E-state index contributed by atoms with van der Waals surface area (Å²) in [6, 6.07) is 10.7. The number of aliphatic hydroxyl groups is 1. The van der Waals surface area contributed by atoms with Crippen molar-refractivity contribution in [3.8, 4) is 5.75 Å². The average Bonchev–Trinajstić information content (AvgIpc) is 2.75. The first-order valence-electron chi connectivity index (χ1n) is 9.75. The molecule has 0 spiro atoms. The van der Waals surface area contributed by atoms with Gasteiger partial charge in [0, 0.05) is 23.0 Å². The van der Waals surface area contributed by atoms with Gasteiger partial charge >= 0.3 is 0 Å². The van der Waals surface area contributed by atoms with Gasteiger partial charge in [-0.2, -0.15) is 4.98 Å². The van der Waals surface area contributed by atoms with Crippen LogP contribution in [-0.2, 0) is 0 Å². The number of aliphatic hydroxyl groups excluding tert-OH is 1. The van der Waals surface area contributed by atoms with E-state index in [1.807, 2.05) is 13.8 Å². The fourth-order valence-electron chi connectivity index (χ4n) is 2.73. The molecule has 0 saturated heterocycles. The van der Waals surface area contributed by atoms with Crippen molar-refractivity contribution >= 4 is 28.9 Å². The average molecular weight is 440 g/mol. The quantitative estimate of drug-likeness (QED) is 0.326. The Bertz CT molecular complexity index is 1150. The maximum Gasteiger partial charge on any atom is 0.229 e. The largest absolute Gasteiger partial charge is 0.488 e. The lowest BCUT2D eigenvalue weighted by Gasteiger charge is -2.11. The monoisotopic (exact) mass is 440 g/mol. The number of nitrogens with zero attached hydrogens (tertiary/aromatic N) is 2. The van der Waals surface area contributed by atoms with Gasteiger partial charge in [-0.3, -0.25) is 4.79 Å². The van der Waals surface area contributed by atoms with Crippen LogP contribution < -0.4 is 15.4 Å². The number of ether oxygens (including phenoxy) is 1. The molecule has 1 heterocycles. The van der Waals surface area contributed by atoms with Gasteiger partial charge in [0.1, 0.15) is 6.61 Å². The Hall–Kier alpha value is -3.85. The van der Waals surface area contributed by atoms with E-state index in [-0.39, 0.29) is 36.5 Å². The number of carbonyl (C=O) groups is 1. The Morgan fingerprint density at radius 3 is 2.59 bits per heavy atom. The van der Waals surface area contributed by atoms with Crippen molar-refractivity contribution in [2.45, 2.75) is 13.8 Å². The third kappa shape index (κ3) is 6.08. The summed E-state index contributed by atoms with van der Waals surface area (Å²) in [4.78, 5) is 20.2. The van der Waals surface area contributed by atoms with E-state index in [2.05, 4.69) is 20.6 Å². The fraction of sp³-hybridized carbons (Fsp3) is 0.174. The Labute approximate surface area is 183 Å². The molecule has 0 aliphatic carbocycles. The standard InChI is InChI=1S/C23H22F2N4O3/c1-14(2)10-20(31)15-4-3-5-16(11-15)27-22-19(25)13-26-23(29-22)28-17-6-7-21(18(24)12-17)32-9-8-30/h3-7,10-13,30H,8-9H2,1-2H3,(H2,26,27,28,29). The predicted octanol–water partition coefficient (Wildman–Crippen LogP) is 4.76. The molecule has 0 saturated carbocycles. The molecule has 166 valence electrons. The highest BCUT2D eigenvalue weighted by Gasteiger charge is 2.11. The Morgan fingerprint density at radius 2 is 1.88 bits per heavy atom. The molecule has 0 fully saturated rings. The van der Waals surface area contributed by atoms with Gasteiger partial charge < -0.3 is 20.5 Å². The molecule has 32 heavy (non-hydrogen) atoms. The first kappa shape index (κ1) is 22.8. The highest BCUT2D eigenvalue weighted by Crippen LogP contribution is 2.25. The molecule has 1 aromatic heterocycles. The van der Waals surface area contributed by atoms with Crippen LogP contribution in [0.25, 0.3) is 0 Å². The van der Waals surface area contributed by atoms with E-state index in [0.717, 1.165) is 11.8 Å². The summed E-state index contributed by atoms with van der Waals surface area (Å²) in [7, 11) is 0. The van der Waals surface area contributed by atoms with Gasteiger partial charge in [0.2, 0.25) is 5.95 Å². The summed E-state index contributed by atoms with van der Waals surface area (Å²) >= 11 is 0. The number of hydrogen-bond donors (Lipinski definition) is 3. The fourth-order valence-corrected chi connectivity index (χ4v) is 2.73. The molecule has 0 aliphatic rings. The van der Waals surface area contributed by atoms with Crippen molar-refractivity contribution in [2.24, 2.45) is 0 Å². The zero-order valence-electron chi connectivity index (χ0n) is 17.5. The second-order valence-electron chi connectivity index (χ2n) is 7.02. The predicted molar refractivity (Wildman–Crippen MR) is 118 cm³/mol. The third-order valence-corrected chi connectivity index (χ3v) is 4.11. The van der Waals surface area contributed by atoms with E-state index in [1.165, 1.54) is 24.3 Å². The van der Waals surface area contributed by atoms with Crippen LogP contribution in [0.1, 0.15) is 24.2 Å². The molecule has 0 bridgehead atoms. The summed E-state index contributed by atoms with van der Waals surface area (Å²) in [6.07, 6.45) is 2.50. The Balaban J connectivity index is 1.77. The molecule has 9 heteroatoms. The van der Waals surface area contributed by atoms with Crippen molar-refractivity contribution in [3.05, 3.63) is 77.5 Å². The lowest BCUT2D eigenvalue weighted by Crippen LogP contribution is -2.05. The van der Waals surface area contributed by atoms with Crippen LogP contribution in [0.5, 0.6) is 5.75 Å². The lowest BCUT2D eigenvalue weighted by molar-refractivity contribution is 0.104. The van der Waals surface area contributed by atoms with E-state index in [0.29, 0.717) is 16.9 Å². The smallest absolute Gasteiger partial charge is 0.229 e. The van der Waals surface area contributed by atoms with E-state index < -0.39 is 11.6 Å². The molecular weight excluding hydrogens is 418 g/mol. The zero-order chi connectivity index (χ0) is 23.1. The molecule has 2 aromatic carbocycles. The number of aromatic nitrogens is 2. The minimum absolute atomic E-state index is 0.00507. The number of benzene rings is 2. The SMILES string of the molecule is CC(C)=CC(=O)c1cccc(Nc2nc(Nc3ccc(OCCO)c(F)c3)ncc2F)c1. The molecule has 7 nitrogen and oxygen atoms in total. The Kier molecular flexibility index (Phi) is 7.45. The first-order chi connectivity index (χ1) is 15.4. The number of rotatable bonds is 9. The third-order valence-electron chi connectivity index (χ3n) is 4.11. The maximum atomic E-state index is 14.3. The molecule has 3 rings (SSSR count). The molecule has 0 aliphatic heterocycles. The van der Waals surface area contributed by atoms with E-state index >= 15 is 0 Å². The van der Waals surface area contributed by atoms with Crippen LogP contribution in [0.2, 0.25) is 0 Å². The van der Waals surface area contributed by atoms with Crippen molar-refractivity contribution in [1.29, 1.82) is 0 Å². The van der Waals surface area contributed by atoms with Crippen LogP contribution in [0.15, 0.2) is 60.3 Å². The van der Waals surface area contributed by atoms with Crippen molar-refractivity contribution in [1.82, 2.24) is 9.97 Å². The Morgan fingerprint density at radius 1 is 1.09 bits per heavy atom. The molecule has 0 amide bonds. The maximum absolute atomic E-state index is 14.3. The van der Waals surface area contributed by atoms with Crippen molar-refractivity contribution < 1.29 is 23.4 Å². The number of carbonyl (C=O) groups excluding carboxylic acids is 1. The van der Waals surface area contributed by atoms with Gasteiger partial charge in [-0.05, 0) is 44.2 Å².